The Hall–Kier alpha value is -3.82. The quantitative estimate of drug-likeness (QED) is 0.214. The Morgan fingerprint density at radius 3 is 2.58 bits per heavy atom. The molecule has 0 aliphatic carbocycles. The molecule has 0 aliphatic rings. The second kappa shape index (κ2) is 13.0. The predicted molar refractivity (Wildman–Crippen MR) is 160 cm³/mol. The average molecular weight is 573 g/mol. The van der Waals surface area contributed by atoms with Crippen LogP contribution in [0.4, 0.5) is 0 Å². The number of nitrogens with one attached hydrogen (secondary N) is 2. The highest BCUT2D eigenvalue weighted by Gasteiger charge is 2.18. The van der Waals surface area contributed by atoms with Crippen molar-refractivity contribution in [1.29, 1.82) is 0 Å². The van der Waals surface area contributed by atoms with Crippen molar-refractivity contribution in [2.45, 2.75) is 25.7 Å². The third kappa shape index (κ3) is 6.84. The van der Waals surface area contributed by atoms with Gasteiger partial charge in [0.25, 0.3) is 5.91 Å². The van der Waals surface area contributed by atoms with Gasteiger partial charge in [-0.3, -0.25) is 14.6 Å². The fourth-order valence-corrected chi connectivity index (χ4v) is 5.54. The zero-order chi connectivity index (χ0) is 27.9. The molecule has 204 valence electrons. The van der Waals surface area contributed by atoms with E-state index in [4.69, 9.17) is 16.3 Å². The van der Waals surface area contributed by atoms with E-state index in [0.29, 0.717) is 36.7 Å². The third-order valence-electron chi connectivity index (χ3n) is 6.49. The van der Waals surface area contributed by atoms with E-state index in [1.807, 2.05) is 66.2 Å². The van der Waals surface area contributed by atoms with Crippen LogP contribution in [0.2, 0.25) is 5.02 Å². The van der Waals surface area contributed by atoms with Crippen molar-refractivity contribution in [1.82, 2.24) is 20.2 Å². The van der Waals surface area contributed by atoms with E-state index in [9.17, 15) is 9.59 Å². The van der Waals surface area contributed by atoms with Gasteiger partial charge in [0.1, 0.15) is 10.4 Å². The van der Waals surface area contributed by atoms with Crippen molar-refractivity contribution >= 4 is 39.1 Å². The molecule has 0 fully saturated rings. The van der Waals surface area contributed by atoms with E-state index in [0.717, 1.165) is 26.5 Å². The van der Waals surface area contributed by atoms with Crippen molar-refractivity contribution in [2.75, 3.05) is 6.61 Å². The van der Waals surface area contributed by atoms with Gasteiger partial charge >= 0.3 is 0 Å². The Labute approximate surface area is 241 Å². The van der Waals surface area contributed by atoms with Crippen molar-refractivity contribution < 1.29 is 9.53 Å². The first-order valence-electron chi connectivity index (χ1n) is 12.9. The highest BCUT2D eigenvalue weighted by Crippen LogP contribution is 2.25. The molecule has 1 atom stereocenters. The lowest BCUT2D eigenvalue weighted by atomic mass is 10.1. The van der Waals surface area contributed by atoms with Crippen LogP contribution in [-0.4, -0.2) is 22.1 Å². The van der Waals surface area contributed by atoms with Gasteiger partial charge in [-0.2, -0.15) is 0 Å². The first-order chi connectivity index (χ1) is 19.5. The first-order valence-corrected chi connectivity index (χ1v) is 14.1. The fraction of sp³-hybridized carbons (Fsp3) is 0.194. The molecule has 0 bridgehead atoms. The maximum Gasteiger partial charge on any atom is 0.257 e. The van der Waals surface area contributed by atoms with Gasteiger partial charge in [0.15, 0.2) is 0 Å². The van der Waals surface area contributed by atoms with Crippen molar-refractivity contribution in [3.05, 3.63) is 134 Å². The monoisotopic (exact) mass is 572 g/mol. The number of hydrogen-bond donors (Lipinski definition) is 2. The van der Waals surface area contributed by atoms with E-state index in [-0.39, 0.29) is 17.0 Å². The minimum Gasteiger partial charge on any atom is -0.374 e. The summed E-state index contributed by atoms with van der Waals surface area (Å²) in [4.78, 5) is 32.2. The number of thiophene rings is 1. The molecule has 0 spiro atoms. The largest absolute Gasteiger partial charge is 0.374 e. The van der Waals surface area contributed by atoms with Crippen molar-refractivity contribution in [2.24, 2.45) is 7.05 Å². The van der Waals surface area contributed by atoms with Crippen LogP contribution in [0.5, 0.6) is 0 Å². The van der Waals surface area contributed by atoms with E-state index < -0.39 is 5.91 Å². The summed E-state index contributed by atoms with van der Waals surface area (Å²) < 4.78 is 7.96. The van der Waals surface area contributed by atoms with Crippen LogP contribution in [-0.2, 0) is 31.5 Å². The fourth-order valence-electron chi connectivity index (χ4n) is 4.39. The smallest absolute Gasteiger partial charge is 0.257 e. The Bertz CT molecular complexity index is 1640. The number of hydrogen-bond acceptors (Lipinski definition) is 6. The number of ether oxygens (including phenoxy) is 1. The average Bonchev–Trinajstić information content (AvgIpc) is 3.42. The topological polar surface area (TPSA) is 85.2 Å². The molecule has 0 aliphatic heterocycles. The number of carbonyl (C=O) groups is 1. The molecule has 40 heavy (non-hydrogen) atoms. The van der Waals surface area contributed by atoms with Gasteiger partial charge in [0.2, 0.25) is 5.43 Å². The lowest BCUT2D eigenvalue weighted by Gasteiger charge is -2.19. The maximum atomic E-state index is 13.2. The van der Waals surface area contributed by atoms with Crippen LogP contribution in [0, 0.1) is 0 Å². The zero-order valence-electron chi connectivity index (χ0n) is 22.0. The lowest BCUT2D eigenvalue weighted by Crippen LogP contribution is -2.29. The van der Waals surface area contributed by atoms with Crippen LogP contribution in [0.25, 0.3) is 10.2 Å². The second-order valence-electron chi connectivity index (χ2n) is 9.40. The van der Waals surface area contributed by atoms with Gasteiger partial charge in [-0.1, -0.05) is 60.1 Å². The number of fused-ring (bicyclic) bond motifs is 1. The zero-order valence-corrected chi connectivity index (χ0v) is 23.5. The molecule has 9 heteroatoms. The number of benzene rings is 2. The number of amides is 1. The summed E-state index contributed by atoms with van der Waals surface area (Å²) in [7, 11) is 1.84. The van der Waals surface area contributed by atoms with E-state index in [1.54, 1.807) is 24.5 Å². The molecule has 0 saturated carbocycles. The summed E-state index contributed by atoms with van der Waals surface area (Å²) in [6.45, 7) is 1.72. The normalized spacial score (nSPS) is 11.9. The number of halogens is 1. The minimum absolute atomic E-state index is 0.0281. The molecule has 1 amide bonds. The number of aryl methyl sites for hydroxylation is 1. The Morgan fingerprint density at radius 1 is 1.05 bits per heavy atom. The van der Waals surface area contributed by atoms with Crippen LogP contribution in [0.3, 0.4) is 0 Å². The molecule has 7 nitrogen and oxygen atoms in total. The SMILES string of the molecule is Cn1cc(C(=O)NCc2ccc(Cl)cc2)c(=O)c2cc(COCC(NCc3ccccn3)c3ccccc3)sc21. The molecule has 3 heterocycles. The maximum absolute atomic E-state index is 13.2. The number of aromatic nitrogens is 2. The third-order valence-corrected chi connectivity index (χ3v) is 7.94. The summed E-state index contributed by atoms with van der Waals surface area (Å²) in [5, 5.41) is 7.51. The molecule has 3 aromatic heterocycles. The molecule has 0 radical (unpaired) electrons. The molecular weight excluding hydrogens is 544 g/mol. The molecular formula is C31H29ClN4O3S. The predicted octanol–water partition coefficient (Wildman–Crippen LogP) is 5.63. The molecule has 2 N–H and O–H groups in total. The van der Waals surface area contributed by atoms with E-state index >= 15 is 0 Å². The molecule has 5 rings (SSSR count). The van der Waals surface area contributed by atoms with Crippen molar-refractivity contribution in [3.8, 4) is 0 Å². The molecule has 5 aromatic rings. The molecule has 1 unspecified atom stereocenters. The van der Waals surface area contributed by atoms with Crippen LogP contribution < -0.4 is 16.1 Å². The van der Waals surface area contributed by atoms with Crippen LogP contribution in [0.1, 0.15) is 38.1 Å². The second-order valence-corrected chi connectivity index (χ2v) is 11.0. The Kier molecular flexibility index (Phi) is 9.03. The van der Waals surface area contributed by atoms with E-state index in [1.165, 1.54) is 11.3 Å². The standard InChI is InChI=1S/C31H29ClN4O3S/c1-36-18-27(30(38)35-16-21-10-12-23(32)13-11-21)29(37)26-15-25(40-31(26)36)19-39-20-28(22-7-3-2-4-8-22)34-17-24-9-5-6-14-33-24/h2-15,18,28,34H,16-17,19-20H2,1H3,(H,35,38). The highest BCUT2D eigenvalue weighted by molar-refractivity contribution is 7.18. The lowest BCUT2D eigenvalue weighted by molar-refractivity contribution is 0.0949. The molecule has 2 aromatic carbocycles. The van der Waals surface area contributed by atoms with Crippen molar-refractivity contribution in [3.63, 3.8) is 0 Å². The minimum atomic E-state index is -0.411. The van der Waals surface area contributed by atoms with Gasteiger partial charge < -0.3 is 19.9 Å². The number of rotatable bonds is 11. The van der Waals surface area contributed by atoms with Crippen LogP contribution >= 0.6 is 22.9 Å². The Morgan fingerprint density at radius 2 is 1.82 bits per heavy atom. The van der Waals surface area contributed by atoms with Gasteiger partial charge in [0, 0.05) is 42.4 Å². The highest BCUT2D eigenvalue weighted by atomic mass is 35.5. The van der Waals surface area contributed by atoms with E-state index in [2.05, 4.69) is 27.8 Å². The first kappa shape index (κ1) is 27.7. The Balaban J connectivity index is 1.25. The molecule has 0 saturated heterocycles. The van der Waals surface area contributed by atoms with Gasteiger partial charge in [0.05, 0.1) is 30.3 Å². The summed E-state index contributed by atoms with van der Waals surface area (Å²) in [5.41, 5.74) is 2.79. The summed E-state index contributed by atoms with van der Waals surface area (Å²) >= 11 is 7.42. The van der Waals surface area contributed by atoms with Gasteiger partial charge in [-0.05, 0) is 41.5 Å². The van der Waals surface area contributed by atoms with Gasteiger partial charge in [-0.15, -0.1) is 11.3 Å². The summed E-state index contributed by atoms with van der Waals surface area (Å²) in [6.07, 6.45) is 3.38. The van der Waals surface area contributed by atoms with Gasteiger partial charge in [-0.25, -0.2) is 0 Å². The summed E-state index contributed by atoms with van der Waals surface area (Å²) in [5.74, 6) is -0.411. The van der Waals surface area contributed by atoms with Crippen LogP contribution in [0.15, 0.2) is 96.1 Å². The number of pyridine rings is 2. The number of nitrogens with zero attached hydrogens (tertiary/aromatic N) is 2. The number of carbonyl (C=O) groups excluding carboxylic acids is 1. The summed E-state index contributed by atoms with van der Waals surface area (Å²) in [6, 6.07) is 25.0.